The lowest BCUT2D eigenvalue weighted by Crippen LogP contribution is -2.43. The summed E-state index contributed by atoms with van der Waals surface area (Å²) in [7, 11) is 0. The van der Waals surface area contributed by atoms with Gasteiger partial charge in [-0.15, -0.1) is 11.3 Å². The van der Waals surface area contributed by atoms with Gasteiger partial charge in [0, 0.05) is 24.0 Å². The Balaban J connectivity index is 2.13. The first-order valence-corrected chi connectivity index (χ1v) is 6.83. The zero-order valence-corrected chi connectivity index (χ0v) is 11.4. The van der Waals surface area contributed by atoms with E-state index in [0.29, 0.717) is 12.6 Å². The fourth-order valence-corrected chi connectivity index (χ4v) is 3.32. The van der Waals surface area contributed by atoms with Gasteiger partial charge in [-0.2, -0.15) is 0 Å². The highest BCUT2D eigenvalue weighted by Crippen LogP contribution is 2.34. The fraction of sp³-hybridized carbons (Fsp3) is 0.615. The number of carboxylic acid groups (broad SMARTS) is 1. The van der Waals surface area contributed by atoms with Crippen molar-refractivity contribution in [3.05, 3.63) is 21.9 Å². The molecule has 1 aliphatic heterocycles. The highest BCUT2D eigenvalue weighted by atomic mass is 32.1. The molecule has 0 saturated heterocycles. The van der Waals surface area contributed by atoms with Crippen LogP contribution in [0.1, 0.15) is 37.3 Å². The maximum atomic E-state index is 11.2. The lowest BCUT2D eigenvalue weighted by Gasteiger charge is -2.37. The minimum Gasteiger partial charge on any atom is -0.481 e. The van der Waals surface area contributed by atoms with Crippen molar-refractivity contribution in [2.45, 2.75) is 33.2 Å². The van der Waals surface area contributed by atoms with Crippen molar-refractivity contribution in [3.8, 4) is 0 Å². The molecule has 1 unspecified atom stereocenters. The number of carboxylic acids is 1. The number of hydrogen-bond acceptors (Lipinski definition) is 3. The average Bonchev–Trinajstić information content (AvgIpc) is 2.70. The molecule has 1 aromatic heterocycles. The molecule has 3 nitrogen and oxygen atoms in total. The fourth-order valence-electron chi connectivity index (χ4n) is 2.35. The third kappa shape index (κ3) is 2.38. The van der Waals surface area contributed by atoms with E-state index in [1.165, 1.54) is 10.4 Å². The summed E-state index contributed by atoms with van der Waals surface area (Å²) in [4.78, 5) is 14.9. The Kier molecular flexibility index (Phi) is 3.27. The molecule has 0 bridgehead atoms. The van der Waals surface area contributed by atoms with Crippen LogP contribution in [0.25, 0.3) is 0 Å². The summed E-state index contributed by atoms with van der Waals surface area (Å²) in [5.41, 5.74) is 0.698. The molecule has 0 radical (unpaired) electrons. The molecule has 94 valence electrons. The van der Waals surface area contributed by atoms with Crippen LogP contribution in [0.5, 0.6) is 0 Å². The molecule has 0 aromatic carbocycles. The molecular formula is C13H19NO2S. The predicted molar refractivity (Wildman–Crippen MR) is 69.4 cm³/mol. The Morgan fingerprint density at radius 3 is 3.00 bits per heavy atom. The summed E-state index contributed by atoms with van der Waals surface area (Å²) in [5, 5.41) is 11.3. The van der Waals surface area contributed by atoms with Gasteiger partial charge in [0.25, 0.3) is 0 Å². The summed E-state index contributed by atoms with van der Waals surface area (Å²) in [6, 6.07) is 2.51. The van der Waals surface area contributed by atoms with Crippen LogP contribution in [0.3, 0.4) is 0 Å². The number of fused-ring (bicyclic) bond motifs is 1. The van der Waals surface area contributed by atoms with Gasteiger partial charge in [-0.3, -0.25) is 9.69 Å². The van der Waals surface area contributed by atoms with E-state index in [4.69, 9.17) is 0 Å². The molecule has 0 saturated carbocycles. The second kappa shape index (κ2) is 4.42. The van der Waals surface area contributed by atoms with Gasteiger partial charge < -0.3 is 5.11 Å². The van der Waals surface area contributed by atoms with Crippen molar-refractivity contribution in [3.63, 3.8) is 0 Å². The first kappa shape index (κ1) is 12.6. The normalized spacial score (nSPS) is 21.2. The van der Waals surface area contributed by atoms with Crippen molar-refractivity contribution < 1.29 is 9.90 Å². The van der Waals surface area contributed by atoms with Crippen molar-refractivity contribution in [1.29, 1.82) is 0 Å². The van der Waals surface area contributed by atoms with Crippen LogP contribution < -0.4 is 0 Å². The lowest BCUT2D eigenvalue weighted by molar-refractivity contribution is -0.148. The van der Waals surface area contributed by atoms with E-state index in [9.17, 15) is 9.90 Å². The molecule has 0 amide bonds. The highest BCUT2D eigenvalue weighted by Gasteiger charge is 2.34. The van der Waals surface area contributed by atoms with Gasteiger partial charge in [-0.1, -0.05) is 0 Å². The molecule has 17 heavy (non-hydrogen) atoms. The van der Waals surface area contributed by atoms with Crippen LogP contribution in [-0.2, 0) is 11.2 Å². The van der Waals surface area contributed by atoms with Gasteiger partial charge in [0.2, 0.25) is 0 Å². The molecular weight excluding hydrogens is 234 g/mol. The maximum Gasteiger partial charge on any atom is 0.310 e. The number of carbonyl (C=O) groups is 1. The molecule has 0 fully saturated rings. The van der Waals surface area contributed by atoms with Crippen molar-refractivity contribution in [1.82, 2.24) is 4.90 Å². The van der Waals surface area contributed by atoms with Crippen LogP contribution in [0.15, 0.2) is 11.4 Å². The number of rotatable bonds is 3. The molecule has 2 heterocycles. The second-order valence-electron chi connectivity index (χ2n) is 5.38. The van der Waals surface area contributed by atoms with Gasteiger partial charge in [0.05, 0.1) is 5.41 Å². The van der Waals surface area contributed by atoms with Gasteiger partial charge in [-0.25, -0.2) is 0 Å². The van der Waals surface area contributed by atoms with Gasteiger partial charge in [-0.05, 0) is 44.2 Å². The zero-order chi connectivity index (χ0) is 12.6. The Labute approximate surface area is 106 Å². The Hall–Kier alpha value is -0.870. The first-order valence-electron chi connectivity index (χ1n) is 5.95. The predicted octanol–water partition coefficient (Wildman–Crippen LogP) is 2.78. The van der Waals surface area contributed by atoms with E-state index < -0.39 is 11.4 Å². The molecule has 2 rings (SSSR count). The molecule has 1 aliphatic rings. The summed E-state index contributed by atoms with van der Waals surface area (Å²) >= 11 is 1.81. The summed E-state index contributed by atoms with van der Waals surface area (Å²) in [6.07, 6.45) is 1.05. The standard InChI is InChI=1S/C13H19NO2S/c1-9-10-5-7-17-11(10)4-6-14(9)8-13(2,3)12(15)16/h5,7,9H,4,6,8H2,1-3H3,(H,15,16). The third-order valence-corrected chi connectivity index (χ3v) is 4.58. The summed E-state index contributed by atoms with van der Waals surface area (Å²) in [5.74, 6) is -0.721. The Bertz CT molecular complexity index is 425. The third-order valence-electron chi connectivity index (χ3n) is 3.58. The SMILES string of the molecule is CC1c2ccsc2CCN1CC(C)(C)C(=O)O. The van der Waals surface area contributed by atoms with Crippen LogP contribution >= 0.6 is 11.3 Å². The van der Waals surface area contributed by atoms with E-state index in [1.807, 2.05) is 11.3 Å². The number of thiophene rings is 1. The summed E-state index contributed by atoms with van der Waals surface area (Å²) in [6.45, 7) is 7.34. The molecule has 1 aromatic rings. The van der Waals surface area contributed by atoms with E-state index in [0.717, 1.165) is 13.0 Å². The molecule has 4 heteroatoms. The number of nitrogens with zero attached hydrogens (tertiary/aromatic N) is 1. The second-order valence-corrected chi connectivity index (χ2v) is 6.39. The quantitative estimate of drug-likeness (QED) is 0.900. The Morgan fingerprint density at radius 1 is 1.65 bits per heavy atom. The largest absolute Gasteiger partial charge is 0.481 e. The summed E-state index contributed by atoms with van der Waals surface area (Å²) < 4.78 is 0. The van der Waals surface area contributed by atoms with Crippen molar-refractivity contribution in [2.75, 3.05) is 13.1 Å². The van der Waals surface area contributed by atoms with Crippen LogP contribution in [0.4, 0.5) is 0 Å². The van der Waals surface area contributed by atoms with Gasteiger partial charge in [0.15, 0.2) is 0 Å². The minimum absolute atomic E-state index is 0.337. The number of hydrogen-bond donors (Lipinski definition) is 1. The van der Waals surface area contributed by atoms with E-state index in [1.54, 1.807) is 13.8 Å². The first-order chi connectivity index (χ1) is 7.92. The van der Waals surface area contributed by atoms with E-state index in [2.05, 4.69) is 23.3 Å². The lowest BCUT2D eigenvalue weighted by atomic mass is 9.90. The van der Waals surface area contributed by atoms with Gasteiger partial charge in [0.1, 0.15) is 0 Å². The molecule has 0 aliphatic carbocycles. The molecule has 0 spiro atoms. The van der Waals surface area contributed by atoms with E-state index >= 15 is 0 Å². The topological polar surface area (TPSA) is 40.5 Å². The average molecular weight is 253 g/mol. The van der Waals surface area contributed by atoms with Crippen molar-refractivity contribution >= 4 is 17.3 Å². The zero-order valence-electron chi connectivity index (χ0n) is 10.6. The smallest absolute Gasteiger partial charge is 0.310 e. The van der Waals surface area contributed by atoms with E-state index in [-0.39, 0.29) is 0 Å². The van der Waals surface area contributed by atoms with Gasteiger partial charge >= 0.3 is 5.97 Å². The number of aliphatic carboxylic acids is 1. The monoisotopic (exact) mass is 253 g/mol. The minimum atomic E-state index is -0.721. The van der Waals surface area contributed by atoms with Crippen LogP contribution in [-0.4, -0.2) is 29.1 Å². The van der Waals surface area contributed by atoms with Crippen LogP contribution in [0, 0.1) is 5.41 Å². The van der Waals surface area contributed by atoms with Crippen molar-refractivity contribution in [2.24, 2.45) is 5.41 Å². The molecule has 1 atom stereocenters. The maximum absolute atomic E-state index is 11.2. The molecule has 1 N–H and O–H groups in total. The highest BCUT2D eigenvalue weighted by molar-refractivity contribution is 7.10. The Morgan fingerprint density at radius 2 is 2.35 bits per heavy atom. The van der Waals surface area contributed by atoms with Crippen LogP contribution in [0.2, 0.25) is 0 Å².